The number of pyridine rings is 1. The van der Waals surface area contributed by atoms with E-state index in [0.29, 0.717) is 34.2 Å². The normalized spacial score (nSPS) is 19.4. The predicted molar refractivity (Wildman–Crippen MR) is 117 cm³/mol. The number of primary amides is 1. The van der Waals surface area contributed by atoms with Crippen molar-refractivity contribution in [2.75, 3.05) is 5.73 Å². The molecule has 0 fully saturated rings. The summed E-state index contributed by atoms with van der Waals surface area (Å²) in [7, 11) is 0. The molecule has 1 aliphatic carbocycles. The van der Waals surface area contributed by atoms with Gasteiger partial charge in [0.1, 0.15) is 5.52 Å². The third-order valence-electron chi connectivity index (χ3n) is 5.52. The number of nitrogens with zero attached hydrogens (tertiary/aromatic N) is 3. The van der Waals surface area contributed by atoms with Crippen molar-refractivity contribution in [2.24, 2.45) is 11.1 Å². The van der Waals surface area contributed by atoms with Crippen LogP contribution in [0, 0.1) is 5.41 Å². The lowest BCUT2D eigenvalue weighted by molar-refractivity contribution is -0.125. The van der Waals surface area contributed by atoms with Crippen molar-refractivity contribution < 1.29 is 4.79 Å². The monoisotopic (exact) mass is 429 g/mol. The minimum atomic E-state index is -0.784. The Labute approximate surface area is 178 Å². The second-order valence-corrected chi connectivity index (χ2v) is 8.25. The molecule has 2 heterocycles. The highest BCUT2D eigenvalue weighted by atomic mass is 35.5. The molecule has 0 spiro atoms. The Balaban J connectivity index is 1.51. The summed E-state index contributed by atoms with van der Waals surface area (Å²) in [6.45, 7) is 0.743. The molecule has 1 aliphatic rings. The lowest BCUT2D eigenvalue weighted by Gasteiger charge is -2.30. The molecular weight excluding hydrogens is 409 g/mol. The number of imidazole rings is 1. The van der Waals surface area contributed by atoms with Crippen molar-refractivity contribution in [1.82, 2.24) is 14.5 Å². The fourth-order valence-electron chi connectivity index (χ4n) is 3.91. The smallest absolute Gasteiger partial charge is 0.227 e. The van der Waals surface area contributed by atoms with E-state index in [0.717, 1.165) is 35.8 Å². The number of fused-ring (bicyclic) bond motifs is 3. The van der Waals surface area contributed by atoms with Crippen LogP contribution in [0.3, 0.4) is 0 Å². The van der Waals surface area contributed by atoms with E-state index in [1.165, 1.54) is 0 Å². The molecule has 150 valence electrons. The molecule has 29 heavy (non-hydrogen) atoms. The topological polar surface area (TPSA) is 99.8 Å². The number of aromatic nitrogens is 3. The number of anilines is 1. The predicted octanol–water partition coefficient (Wildman–Crippen LogP) is 4.46. The summed E-state index contributed by atoms with van der Waals surface area (Å²) in [6.07, 6.45) is 7.85. The first-order valence-corrected chi connectivity index (χ1v) is 10.2. The lowest BCUT2D eigenvalue weighted by Crippen LogP contribution is -2.36. The SMILES string of the molecule is NC(=O)C1(CCCCn2cnc3c(N)nc4ccccc4c32)C=CC(Cl)=C(Cl)C1. The minimum Gasteiger partial charge on any atom is -0.382 e. The summed E-state index contributed by atoms with van der Waals surface area (Å²) in [5.74, 6) is 0.0461. The summed E-state index contributed by atoms with van der Waals surface area (Å²) < 4.78 is 2.09. The van der Waals surface area contributed by atoms with Crippen molar-refractivity contribution in [2.45, 2.75) is 32.2 Å². The van der Waals surface area contributed by atoms with Gasteiger partial charge in [-0.15, -0.1) is 0 Å². The summed E-state index contributed by atoms with van der Waals surface area (Å²) >= 11 is 12.2. The molecule has 3 aromatic rings. The number of hydrogen-bond acceptors (Lipinski definition) is 4. The molecule has 2 aromatic heterocycles. The summed E-state index contributed by atoms with van der Waals surface area (Å²) in [5, 5.41) is 1.96. The van der Waals surface area contributed by atoms with Gasteiger partial charge in [-0.25, -0.2) is 9.97 Å². The van der Waals surface area contributed by atoms with Gasteiger partial charge >= 0.3 is 0 Å². The number of allylic oxidation sites excluding steroid dienone is 3. The van der Waals surface area contributed by atoms with Gasteiger partial charge in [-0.1, -0.05) is 53.9 Å². The van der Waals surface area contributed by atoms with Gasteiger partial charge in [0, 0.05) is 23.4 Å². The molecule has 0 aliphatic heterocycles. The van der Waals surface area contributed by atoms with Gasteiger partial charge in [-0.3, -0.25) is 4.79 Å². The zero-order chi connectivity index (χ0) is 20.6. The molecule has 0 saturated carbocycles. The number of aryl methyl sites for hydroxylation is 1. The molecule has 1 aromatic carbocycles. The van der Waals surface area contributed by atoms with Crippen LogP contribution < -0.4 is 11.5 Å². The molecule has 4 rings (SSSR count). The van der Waals surface area contributed by atoms with Crippen molar-refractivity contribution >= 4 is 56.9 Å². The largest absolute Gasteiger partial charge is 0.382 e. The molecule has 1 atom stereocenters. The second-order valence-electron chi connectivity index (χ2n) is 7.39. The third-order valence-corrected chi connectivity index (χ3v) is 6.31. The number of amides is 1. The van der Waals surface area contributed by atoms with Crippen LogP contribution in [0.1, 0.15) is 25.7 Å². The highest BCUT2D eigenvalue weighted by molar-refractivity contribution is 6.40. The van der Waals surface area contributed by atoms with Gasteiger partial charge in [-0.2, -0.15) is 0 Å². The number of carbonyl (C=O) groups is 1. The molecule has 8 heteroatoms. The molecule has 6 nitrogen and oxygen atoms in total. The van der Waals surface area contributed by atoms with Crippen LogP contribution in [0.5, 0.6) is 0 Å². The van der Waals surface area contributed by atoms with E-state index >= 15 is 0 Å². The van der Waals surface area contributed by atoms with Crippen molar-refractivity contribution in [3.05, 3.63) is 52.8 Å². The first-order valence-electron chi connectivity index (χ1n) is 9.44. The zero-order valence-corrected chi connectivity index (χ0v) is 17.2. The molecule has 0 radical (unpaired) electrons. The molecule has 0 bridgehead atoms. The van der Waals surface area contributed by atoms with E-state index in [4.69, 9.17) is 34.7 Å². The minimum absolute atomic E-state index is 0.347. The summed E-state index contributed by atoms with van der Waals surface area (Å²) in [4.78, 5) is 21.0. The average Bonchev–Trinajstić information content (AvgIpc) is 3.13. The van der Waals surface area contributed by atoms with Crippen LogP contribution in [0.25, 0.3) is 21.9 Å². The fourth-order valence-corrected chi connectivity index (χ4v) is 4.34. The van der Waals surface area contributed by atoms with Crippen molar-refractivity contribution in [1.29, 1.82) is 0 Å². The fraction of sp³-hybridized carbons (Fsp3) is 0.286. The Morgan fingerprint density at radius 1 is 1.24 bits per heavy atom. The van der Waals surface area contributed by atoms with Gasteiger partial charge < -0.3 is 16.0 Å². The molecule has 1 amide bonds. The number of para-hydroxylation sites is 1. The molecular formula is C21H21Cl2N5O. The average molecular weight is 430 g/mol. The number of hydrogen-bond donors (Lipinski definition) is 2. The van der Waals surface area contributed by atoms with Gasteiger partial charge in [0.15, 0.2) is 5.82 Å². The number of nitrogens with two attached hydrogens (primary N) is 2. The standard InChI is InChI=1S/C21H21Cl2N5O/c22-14-7-9-21(20(25)29,11-15(14)23)8-3-4-10-28-12-26-17-18(28)13-5-1-2-6-16(13)27-19(17)24/h1-2,5-7,9,12H,3-4,8,10-11H2,(H2,24,27)(H2,25,29). The number of halogens is 2. The summed E-state index contributed by atoms with van der Waals surface area (Å²) in [6, 6.07) is 7.88. The first kappa shape index (κ1) is 19.7. The van der Waals surface area contributed by atoms with Gasteiger partial charge in [0.05, 0.1) is 27.8 Å². The van der Waals surface area contributed by atoms with E-state index in [1.807, 2.05) is 24.3 Å². The van der Waals surface area contributed by atoms with Crippen LogP contribution in [0.2, 0.25) is 0 Å². The maximum atomic E-state index is 12.1. The van der Waals surface area contributed by atoms with Crippen molar-refractivity contribution in [3.8, 4) is 0 Å². The Bertz CT molecular complexity index is 1170. The van der Waals surface area contributed by atoms with Gasteiger partial charge in [-0.05, 0) is 25.0 Å². The lowest BCUT2D eigenvalue weighted by atomic mass is 9.76. The highest BCUT2D eigenvalue weighted by Gasteiger charge is 2.36. The van der Waals surface area contributed by atoms with Gasteiger partial charge in [0.25, 0.3) is 0 Å². The second kappa shape index (κ2) is 7.69. The number of benzene rings is 1. The van der Waals surface area contributed by atoms with Crippen LogP contribution in [0.15, 0.2) is 52.8 Å². The van der Waals surface area contributed by atoms with E-state index in [9.17, 15) is 4.79 Å². The van der Waals surface area contributed by atoms with Gasteiger partial charge in [0.2, 0.25) is 5.91 Å². The zero-order valence-electron chi connectivity index (χ0n) is 15.7. The Morgan fingerprint density at radius 3 is 2.79 bits per heavy atom. The quantitative estimate of drug-likeness (QED) is 0.564. The van der Waals surface area contributed by atoms with E-state index in [1.54, 1.807) is 18.5 Å². The van der Waals surface area contributed by atoms with Crippen LogP contribution in [0.4, 0.5) is 5.82 Å². The first-order chi connectivity index (χ1) is 13.9. The molecule has 4 N–H and O–H groups in total. The third kappa shape index (κ3) is 3.58. The summed E-state index contributed by atoms with van der Waals surface area (Å²) in [5.41, 5.74) is 13.5. The number of carbonyl (C=O) groups excluding carboxylic acids is 1. The Morgan fingerprint density at radius 2 is 2.03 bits per heavy atom. The number of unbranched alkanes of at least 4 members (excludes halogenated alkanes) is 1. The van der Waals surface area contributed by atoms with E-state index in [-0.39, 0.29) is 5.91 Å². The van der Waals surface area contributed by atoms with Crippen LogP contribution in [-0.2, 0) is 11.3 Å². The Hall–Kier alpha value is -2.57. The van der Waals surface area contributed by atoms with Crippen LogP contribution in [-0.4, -0.2) is 20.4 Å². The maximum absolute atomic E-state index is 12.1. The maximum Gasteiger partial charge on any atom is 0.227 e. The number of rotatable bonds is 6. The Kier molecular flexibility index (Phi) is 5.23. The molecule has 1 unspecified atom stereocenters. The number of nitrogen functional groups attached to an aromatic ring is 1. The molecule has 0 saturated heterocycles. The highest BCUT2D eigenvalue weighted by Crippen LogP contribution is 2.41. The van der Waals surface area contributed by atoms with E-state index < -0.39 is 5.41 Å². The van der Waals surface area contributed by atoms with E-state index in [2.05, 4.69) is 14.5 Å². The van der Waals surface area contributed by atoms with Crippen molar-refractivity contribution in [3.63, 3.8) is 0 Å². The van der Waals surface area contributed by atoms with Crippen LogP contribution >= 0.6 is 23.2 Å².